The van der Waals surface area contributed by atoms with Gasteiger partial charge in [-0.2, -0.15) is 5.10 Å². The van der Waals surface area contributed by atoms with Crippen molar-refractivity contribution in [3.05, 3.63) is 87.2 Å². The highest BCUT2D eigenvalue weighted by atomic mass is 35.5. The summed E-state index contributed by atoms with van der Waals surface area (Å²) in [6.07, 6.45) is 0. The molecule has 3 rings (SSSR count). The quantitative estimate of drug-likeness (QED) is 0.682. The van der Waals surface area contributed by atoms with Gasteiger partial charge in [-0.25, -0.2) is 4.68 Å². The molecule has 0 amide bonds. The number of halogens is 2. The largest absolute Gasteiger partial charge is 0.308 e. The molecule has 0 atom stereocenters. The van der Waals surface area contributed by atoms with Gasteiger partial charge in [0.05, 0.1) is 12.2 Å². The van der Waals surface area contributed by atoms with Gasteiger partial charge in [-0.1, -0.05) is 65.7 Å². The third-order valence-electron chi connectivity index (χ3n) is 3.90. The minimum atomic E-state index is 0.634. The summed E-state index contributed by atoms with van der Waals surface area (Å²) in [5, 5.41) is 9.41. The van der Waals surface area contributed by atoms with Gasteiger partial charge in [0.15, 0.2) is 0 Å². The summed E-state index contributed by atoms with van der Waals surface area (Å²) in [4.78, 5) is 0. The van der Waals surface area contributed by atoms with Crippen LogP contribution in [-0.2, 0) is 19.6 Å². The van der Waals surface area contributed by atoms with Gasteiger partial charge in [0, 0.05) is 23.7 Å². The molecule has 0 unspecified atom stereocenters. The van der Waals surface area contributed by atoms with Crippen LogP contribution in [0.3, 0.4) is 0 Å². The average Bonchev–Trinajstić information content (AvgIpc) is 2.85. The number of hydrogen-bond acceptors (Lipinski definition) is 2. The monoisotopic (exact) mass is 359 g/mol. The van der Waals surface area contributed by atoms with Crippen molar-refractivity contribution in [2.45, 2.75) is 26.6 Å². The summed E-state index contributed by atoms with van der Waals surface area (Å²) in [5.74, 6) is 0. The van der Waals surface area contributed by atoms with Crippen molar-refractivity contribution in [1.29, 1.82) is 0 Å². The molecule has 0 bridgehead atoms. The minimum absolute atomic E-state index is 0.634. The van der Waals surface area contributed by atoms with Crippen LogP contribution in [0.15, 0.2) is 54.6 Å². The number of aromatic nitrogens is 2. The Kier molecular flexibility index (Phi) is 5.56. The molecule has 3 aromatic rings. The summed E-state index contributed by atoms with van der Waals surface area (Å²) >= 11 is 12.5. The lowest BCUT2D eigenvalue weighted by Gasteiger charge is -2.06. The fraction of sp³-hybridized carbons (Fsp3) is 0.211. The first-order valence-corrected chi connectivity index (χ1v) is 8.60. The molecule has 1 aromatic heterocycles. The maximum atomic E-state index is 6.53. The highest BCUT2D eigenvalue weighted by Crippen LogP contribution is 2.21. The van der Waals surface area contributed by atoms with Gasteiger partial charge in [-0.3, -0.25) is 0 Å². The molecule has 0 aliphatic heterocycles. The van der Waals surface area contributed by atoms with Crippen LogP contribution in [0.2, 0.25) is 10.2 Å². The summed E-state index contributed by atoms with van der Waals surface area (Å²) in [7, 11) is 0. The minimum Gasteiger partial charge on any atom is -0.308 e. The molecule has 0 spiro atoms. The van der Waals surface area contributed by atoms with Crippen molar-refractivity contribution < 1.29 is 0 Å². The molecule has 0 radical (unpaired) electrons. The van der Waals surface area contributed by atoms with Gasteiger partial charge in [0.2, 0.25) is 0 Å². The Morgan fingerprint density at radius 1 is 0.917 bits per heavy atom. The Morgan fingerprint density at radius 2 is 1.62 bits per heavy atom. The second-order valence-corrected chi connectivity index (χ2v) is 6.52. The Morgan fingerprint density at radius 3 is 2.33 bits per heavy atom. The van der Waals surface area contributed by atoms with E-state index in [2.05, 4.69) is 22.5 Å². The second-order valence-electron chi connectivity index (χ2n) is 5.73. The van der Waals surface area contributed by atoms with Crippen molar-refractivity contribution in [3.8, 4) is 0 Å². The standard InChI is InChI=1S/C19H19Cl2N3/c1-14-18(12-22-11-15-5-3-2-4-6-15)19(21)24(23-14)13-16-7-9-17(20)10-8-16/h2-10,22H,11-13H2,1H3. The van der Waals surface area contributed by atoms with E-state index in [-0.39, 0.29) is 0 Å². The molecule has 0 saturated carbocycles. The highest BCUT2D eigenvalue weighted by Gasteiger charge is 2.13. The molecular weight excluding hydrogens is 341 g/mol. The molecule has 124 valence electrons. The van der Waals surface area contributed by atoms with Gasteiger partial charge >= 0.3 is 0 Å². The van der Waals surface area contributed by atoms with Gasteiger partial charge in [0.1, 0.15) is 5.15 Å². The average molecular weight is 360 g/mol. The van der Waals surface area contributed by atoms with E-state index in [0.717, 1.165) is 28.4 Å². The third-order valence-corrected chi connectivity index (χ3v) is 4.58. The lowest BCUT2D eigenvalue weighted by molar-refractivity contribution is 0.676. The van der Waals surface area contributed by atoms with E-state index in [1.165, 1.54) is 5.56 Å². The molecule has 3 nitrogen and oxygen atoms in total. The number of nitrogens with one attached hydrogen (secondary N) is 1. The Hall–Kier alpha value is -1.81. The smallest absolute Gasteiger partial charge is 0.132 e. The van der Waals surface area contributed by atoms with Crippen LogP contribution in [0, 0.1) is 6.92 Å². The van der Waals surface area contributed by atoms with Crippen LogP contribution < -0.4 is 5.32 Å². The van der Waals surface area contributed by atoms with Crippen LogP contribution in [0.1, 0.15) is 22.4 Å². The summed E-state index contributed by atoms with van der Waals surface area (Å²) in [6.45, 7) is 4.12. The van der Waals surface area contributed by atoms with Gasteiger partial charge in [-0.15, -0.1) is 0 Å². The number of nitrogens with zero attached hydrogens (tertiary/aromatic N) is 2. The third kappa shape index (κ3) is 4.18. The van der Waals surface area contributed by atoms with Crippen molar-refractivity contribution in [1.82, 2.24) is 15.1 Å². The fourth-order valence-corrected chi connectivity index (χ4v) is 3.01. The van der Waals surface area contributed by atoms with Crippen LogP contribution in [-0.4, -0.2) is 9.78 Å². The van der Waals surface area contributed by atoms with E-state index >= 15 is 0 Å². The Labute approximate surface area is 152 Å². The van der Waals surface area contributed by atoms with E-state index in [9.17, 15) is 0 Å². The molecule has 0 fully saturated rings. The molecule has 0 aliphatic rings. The number of rotatable bonds is 6. The molecule has 5 heteroatoms. The maximum Gasteiger partial charge on any atom is 0.132 e. The van der Waals surface area contributed by atoms with E-state index < -0.39 is 0 Å². The van der Waals surface area contributed by atoms with E-state index in [4.69, 9.17) is 23.2 Å². The van der Waals surface area contributed by atoms with Crippen LogP contribution in [0.4, 0.5) is 0 Å². The van der Waals surface area contributed by atoms with Gasteiger partial charge < -0.3 is 5.32 Å². The van der Waals surface area contributed by atoms with Crippen molar-refractivity contribution in [2.75, 3.05) is 0 Å². The van der Waals surface area contributed by atoms with Crippen LogP contribution in [0.25, 0.3) is 0 Å². The molecule has 0 aliphatic carbocycles. The SMILES string of the molecule is Cc1nn(Cc2ccc(Cl)cc2)c(Cl)c1CNCc1ccccc1. The van der Waals surface area contributed by atoms with E-state index in [0.29, 0.717) is 18.2 Å². The molecule has 1 heterocycles. The zero-order chi connectivity index (χ0) is 16.9. The Bertz CT molecular complexity index is 795. The summed E-state index contributed by atoms with van der Waals surface area (Å²) < 4.78 is 1.83. The van der Waals surface area contributed by atoms with Gasteiger partial charge in [0.25, 0.3) is 0 Å². The zero-order valence-corrected chi connectivity index (χ0v) is 15.0. The van der Waals surface area contributed by atoms with Crippen LogP contribution >= 0.6 is 23.2 Å². The van der Waals surface area contributed by atoms with Crippen LogP contribution in [0.5, 0.6) is 0 Å². The topological polar surface area (TPSA) is 29.9 Å². The molecular formula is C19H19Cl2N3. The number of hydrogen-bond donors (Lipinski definition) is 1. The predicted octanol–water partition coefficient (Wildman–Crippen LogP) is 4.84. The molecule has 24 heavy (non-hydrogen) atoms. The van der Waals surface area contributed by atoms with Crippen molar-refractivity contribution >= 4 is 23.2 Å². The lowest BCUT2D eigenvalue weighted by atomic mass is 10.2. The normalized spacial score (nSPS) is 11.0. The highest BCUT2D eigenvalue weighted by molar-refractivity contribution is 6.30. The summed E-state index contributed by atoms with van der Waals surface area (Å²) in [5.41, 5.74) is 4.36. The van der Waals surface area contributed by atoms with Crippen molar-refractivity contribution in [2.24, 2.45) is 0 Å². The number of benzene rings is 2. The van der Waals surface area contributed by atoms with Crippen molar-refractivity contribution in [3.63, 3.8) is 0 Å². The van der Waals surface area contributed by atoms with E-state index in [1.54, 1.807) is 0 Å². The van der Waals surface area contributed by atoms with Gasteiger partial charge in [-0.05, 0) is 30.2 Å². The lowest BCUT2D eigenvalue weighted by Crippen LogP contribution is -2.13. The zero-order valence-electron chi connectivity index (χ0n) is 13.5. The van der Waals surface area contributed by atoms with E-state index in [1.807, 2.05) is 54.1 Å². The molecule has 1 N–H and O–H groups in total. The molecule has 2 aromatic carbocycles. The number of aryl methyl sites for hydroxylation is 1. The molecule has 0 saturated heterocycles. The first-order valence-electron chi connectivity index (χ1n) is 7.84. The summed E-state index contributed by atoms with van der Waals surface area (Å²) in [6, 6.07) is 18.0. The fourth-order valence-electron chi connectivity index (χ4n) is 2.59. The predicted molar refractivity (Wildman–Crippen MR) is 99.5 cm³/mol. The Balaban J connectivity index is 1.66. The second kappa shape index (κ2) is 7.84. The first kappa shape index (κ1) is 17.0. The first-order chi connectivity index (χ1) is 11.6. The maximum absolute atomic E-state index is 6.53.